The lowest BCUT2D eigenvalue weighted by molar-refractivity contribution is 0.0602. The van der Waals surface area contributed by atoms with Crippen LogP contribution < -0.4 is 4.72 Å². The van der Waals surface area contributed by atoms with Crippen LogP contribution in [0.2, 0.25) is 0 Å². The van der Waals surface area contributed by atoms with Crippen molar-refractivity contribution in [2.75, 3.05) is 11.8 Å². The summed E-state index contributed by atoms with van der Waals surface area (Å²) in [6.07, 6.45) is 5.21. The standard InChI is InChI=1S/C14H16N2O4S3/c1-20-13(17)12-11(7-8-21-12)23(18,19)16-14-15-9-5-3-2-4-6-10(9)22-14/h7-8H,2-6H2,1H3,(H,15,16). The lowest BCUT2D eigenvalue weighted by atomic mass is 10.2. The predicted octanol–water partition coefficient (Wildman–Crippen LogP) is 3.06. The van der Waals surface area contributed by atoms with Gasteiger partial charge in [-0.15, -0.1) is 22.7 Å². The SMILES string of the molecule is COC(=O)c1sccc1S(=O)(=O)Nc1nc2c(s1)CCCCC2. The largest absolute Gasteiger partial charge is 0.465 e. The summed E-state index contributed by atoms with van der Waals surface area (Å²) in [5.74, 6) is -0.657. The smallest absolute Gasteiger partial charge is 0.349 e. The number of sulfonamides is 1. The first-order valence-electron chi connectivity index (χ1n) is 7.18. The number of carbonyl (C=O) groups excluding carboxylic acids is 1. The molecule has 6 nitrogen and oxygen atoms in total. The fourth-order valence-electron chi connectivity index (χ4n) is 2.49. The number of hydrogen-bond acceptors (Lipinski definition) is 7. The molecule has 0 atom stereocenters. The van der Waals surface area contributed by atoms with E-state index < -0.39 is 16.0 Å². The van der Waals surface area contributed by atoms with Crippen LogP contribution in [0, 0.1) is 0 Å². The predicted molar refractivity (Wildman–Crippen MR) is 89.8 cm³/mol. The Bertz CT molecular complexity index is 799. The molecule has 2 aromatic heterocycles. The second kappa shape index (κ2) is 6.58. The first-order valence-corrected chi connectivity index (χ1v) is 10.4. The summed E-state index contributed by atoms with van der Waals surface area (Å²) in [5.41, 5.74) is 0.990. The number of thiazole rings is 1. The minimum absolute atomic E-state index is 0.0677. The van der Waals surface area contributed by atoms with Crippen molar-refractivity contribution in [2.24, 2.45) is 0 Å². The molecule has 23 heavy (non-hydrogen) atoms. The van der Waals surface area contributed by atoms with Crippen molar-refractivity contribution in [3.8, 4) is 0 Å². The van der Waals surface area contributed by atoms with Gasteiger partial charge in [0.25, 0.3) is 10.0 Å². The molecule has 0 spiro atoms. The summed E-state index contributed by atoms with van der Waals surface area (Å²) in [4.78, 5) is 17.2. The molecule has 1 N–H and O–H groups in total. The Labute approximate surface area is 142 Å². The monoisotopic (exact) mass is 372 g/mol. The van der Waals surface area contributed by atoms with Crippen molar-refractivity contribution in [3.05, 3.63) is 26.9 Å². The van der Waals surface area contributed by atoms with Gasteiger partial charge in [0.15, 0.2) is 5.13 Å². The fraction of sp³-hybridized carbons (Fsp3) is 0.429. The number of thiophene rings is 1. The molecular weight excluding hydrogens is 356 g/mol. The maximum Gasteiger partial charge on any atom is 0.349 e. The maximum absolute atomic E-state index is 12.5. The molecular formula is C14H16N2O4S3. The first kappa shape index (κ1) is 16.4. The summed E-state index contributed by atoms with van der Waals surface area (Å²) >= 11 is 2.42. The van der Waals surface area contributed by atoms with Crippen LogP contribution in [-0.2, 0) is 27.6 Å². The molecule has 0 radical (unpaired) electrons. The van der Waals surface area contributed by atoms with E-state index in [1.165, 1.54) is 30.9 Å². The van der Waals surface area contributed by atoms with Crippen LogP contribution in [0.1, 0.15) is 39.5 Å². The summed E-state index contributed by atoms with van der Waals surface area (Å²) in [5, 5.41) is 1.91. The normalized spacial score (nSPS) is 14.8. The van der Waals surface area contributed by atoms with E-state index in [0.717, 1.165) is 47.6 Å². The lowest BCUT2D eigenvalue weighted by Gasteiger charge is -2.05. The van der Waals surface area contributed by atoms with Crippen molar-refractivity contribution >= 4 is 43.8 Å². The van der Waals surface area contributed by atoms with E-state index in [0.29, 0.717) is 5.13 Å². The average molecular weight is 372 g/mol. The van der Waals surface area contributed by atoms with Gasteiger partial charge in [0, 0.05) is 4.88 Å². The molecule has 0 aliphatic heterocycles. The molecule has 0 saturated heterocycles. The molecule has 0 aromatic carbocycles. The van der Waals surface area contributed by atoms with Crippen LogP contribution in [0.15, 0.2) is 16.3 Å². The van der Waals surface area contributed by atoms with Crippen LogP contribution in [0.4, 0.5) is 5.13 Å². The molecule has 0 unspecified atom stereocenters. The van der Waals surface area contributed by atoms with Gasteiger partial charge in [0.05, 0.1) is 12.8 Å². The Morgan fingerprint density at radius 1 is 1.30 bits per heavy atom. The molecule has 1 aliphatic carbocycles. The van der Waals surface area contributed by atoms with Gasteiger partial charge in [-0.25, -0.2) is 18.2 Å². The van der Waals surface area contributed by atoms with Crippen LogP contribution >= 0.6 is 22.7 Å². The molecule has 124 valence electrons. The van der Waals surface area contributed by atoms with Crippen LogP contribution in [-0.4, -0.2) is 26.5 Å². The fourth-order valence-corrected chi connectivity index (χ4v) is 6.11. The van der Waals surface area contributed by atoms with Crippen LogP contribution in [0.25, 0.3) is 0 Å². The highest BCUT2D eigenvalue weighted by Gasteiger charge is 2.26. The lowest BCUT2D eigenvalue weighted by Crippen LogP contribution is -2.15. The zero-order chi connectivity index (χ0) is 16.4. The van der Waals surface area contributed by atoms with Crippen molar-refractivity contribution in [1.82, 2.24) is 4.98 Å². The quantitative estimate of drug-likeness (QED) is 0.658. The van der Waals surface area contributed by atoms with E-state index in [1.807, 2.05) is 0 Å². The second-order valence-corrected chi connectivity index (χ2v) is 8.81. The number of aromatic nitrogens is 1. The van der Waals surface area contributed by atoms with E-state index in [9.17, 15) is 13.2 Å². The van der Waals surface area contributed by atoms with Gasteiger partial charge in [-0.2, -0.15) is 0 Å². The minimum Gasteiger partial charge on any atom is -0.465 e. The Balaban J connectivity index is 1.87. The average Bonchev–Trinajstić information content (AvgIpc) is 3.09. The third-order valence-electron chi connectivity index (χ3n) is 3.61. The van der Waals surface area contributed by atoms with E-state index in [4.69, 9.17) is 0 Å². The molecule has 3 rings (SSSR count). The molecule has 0 amide bonds. The van der Waals surface area contributed by atoms with Crippen molar-refractivity contribution in [2.45, 2.75) is 37.0 Å². The number of carbonyl (C=O) groups is 1. The van der Waals surface area contributed by atoms with E-state index in [2.05, 4.69) is 14.4 Å². The van der Waals surface area contributed by atoms with Crippen LogP contribution in [0.3, 0.4) is 0 Å². The molecule has 0 saturated carbocycles. The van der Waals surface area contributed by atoms with Gasteiger partial charge < -0.3 is 4.74 Å². The molecule has 2 heterocycles. The van der Waals surface area contributed by atoms with Crippen molar-refractivity contribution < 1.29 is 17.9 Å². The summed E-state index contributed by atoms with van der Waals surface area (Å²) in [6.45, 7) is 0. The molecule has 1 aliphatic rings. The Hall–Kier alpha value is -1.45. The third kappa shape index (κ3) is 3.41. The number of methoxy groups -OCH3 is 1. The summed E-state index contributed by atoms with van der Waals surface area (Å²) < 4.78 is 32.2. The topological polar surface area (TPSA) is 85.4 Å². The Kier molecular flexibility index (Phi) is 4.69. The van der Waals surface area contributed by atoms with Crippen molar-refractivity contribution in [3.63, 3.8) is 0 Å². The van der Waals surface area contributed by atoms with Gasteiger partial charge in [-0.1, -0.05) is 6.42 Å². The number of hydrogen-bond donors (Lipinski definition) is 1. The van der Waals surface area contributed by atoms with Gasteiger partial charge >= 0.3 is 5.97 Å². The van der Waals surface area contributed by atoms with Gasteiger partial charge in [0.1, 0.15) is 9.77 Å². The zero-order valence-corrected chi connectivity index (χ0v) is 14.9. The highest BCUT2D eigenvalue weighted by Crippen LogP contribution is 2.31. The number of rotatable bonds is 4. The minimum atomic E-state index is -3.86. The highest BCUT2D eigenvalue weighted by atomic mass is 32.2. The van der Waals surface area contributed by atoms with E-state index in [-0.39, 0.29) is 9.77 Å². The molecule has 2 aromatic rings. The van der Waals surface area contributed by atoms with E-state index >= 15 is 0 Å². The van der Waals surface area contributed by atoms with E-state index in [1.54, 1.807) is 5.38 Å². The molecule has 9 heteroatoms. The number of aryl methyl sites for hydroxylation is 2. The first-order chi connectivity index (χ1) is 11.0. The number of fused-ring (bicyclic) bond motifs is 1. The molecule has 0 fully saturated rings. The van der Waals surface area contributed by atoms with Gasteiger partial charge in [0.2, 0.25) is 0 Å². The third-order valence-corrected chi connectivity index (χ3v) is 7.21. The zero-order valence-electron chi connectivity index (χ0n) is 12.5. The van der Waals surface area contributed by atoms with Crippen LogP contribution in [0.5, 0.6) is 0 Å². The highest BCUT2D eigenvalue weighted by molar-refractivity contribution is 7.93. The number of nitrogens with one attached hydrogen (secondary N) is 1. The van der Waals surface area contributed by atoms with Gasteiger partial charge in [-0.05, 0) is 37.1 Å². The second-order valence-electron chi connectivity index (χ2n) is 5.16. The number of anilines is 1. The summed E-state index contributed by atoms with van der Waals surface area (Å²) in [7, 11) is -2.63. The van der Waals surface area contributed by atoms with Crippen molar-refractivity contribution in [1.29, 1.82) is 0 Å². The Morgan fingerprint density at radius 3 is 2.87 bits per heavy atom. The molecule has 0 bridgehead atoms. The summed E-state index contributed by atoms with van der Waals surface area (Å²) in [6, 6.07) is 1.40. The Morgan fingerprint density at radius 2 is 2.09 bits per heavy atom. The number of ether oxygens (including phenoxy) is 1. The number of esters is 1. The van der Waals surface area contributed by atoms with Gasteiger partial charge in [-0.3, -0.25) is 4.72 Å². The number of nitrogens with zero attached hydrogens (tertiary/aromatic N) is 1. The maximum atomic E-state index is 12.5.